The van der Waals surface area contributed by atoms with Gasteiger partial charge in [-0.15, -0.1) is 0 Å². The molecule has 1 aromatic carbocycles. The molecule has 0 saturated heterocycles. The van der Waals surface area contributed by atoms with Crippen molar-refractivity contribution in [1.29, 1.82) is 0 Å². The Morgan fingerprint density at radius 3 is 2.78 bits per heavy atom. The predicted octanol–water partition coefficient (Wildman–Crippen LogP) is 1.91. The molecule has 8 nitrogen and oxygen atoms in total. The number of aromatic nitrogens is 3. The molecule has 0 spiro atoms. The third-order valence-corrected chi connectivity index (χ3v) is 5.62. The average Bonchev–Trinajstić information content (AvgIpc) is 3.54. The molecule has 1 unspecified atom stereocenters. The number of hydrogen-bond acceptors (Lipinski definition) is 5. The third kappa shape index (κ3) is 3.45. The van der Waals surface area contributed by atoms with E-state index in [1.54, 1.807) is 36.7 Å². The summed E-state index contributed by atoms with van der Waals surface area (Å²) in [6.45, 7) is 0.990. The summed E-state index contributed by atoms with van der Waals surface area (Å²) in [5, 5.41) is 13.8. The third-order valence-electron chi connectivity index (χ3n) is 5.62. The van der Waals surface area contributed by atoms with Crippen LogP contribution in [0.1, 0.15) is 28.6 Å². The zero-order valence-corrected chi connectivity index (χ0v) is 17.1. The monoisotopic (exact) mass is 428 g/mol. The second-order valence-corrected chi connectivity index (χ2v) is 7.60. The topological polar surface area (TPSA) is 106 Å². The van der Waals surface area contributed by atoms with E-state index in [2.05, 4.69) is 9.97 Å². The van der Waals surface area contributed by atoms with Gasteiger partial charge < -0.3 is 14.4 Å². The van der Waals surface area contributed by atoms with E-state index >= 15 is 0 Å². The van der Waals surface area contributed by atoms with Gasteiger partial charge in [-0.25, -0.2) is 4.57 Å². The number of carbonyl (C=O) groups excluding carboxylic acids is 2. The highest BCUT2D eigenvalue weighted by molar-refractivity contribution is 6.15. The molecular weight excluding hydrogens is 408 g/mol. The van der Waals surface area contributed by atoms with Gasteiger partial charge in [-0.2, -0.15) is 0 Å². The van der Waals surface area contributed by atoms with Crippen molar-refractivity contribution in [1.82, 2.24) is 14.9 Å². The molecule has 1 aliphatic heterocycles. The molecule has 8 heteroatoms. The number of fused-ring (bicyclic) bond motifs is 1. The van der Waals surface area contributed by atoms with Crippen molar-refractivity contribution in [3.05, 3.63) is 96.2 Å². The summed E-state index contributed by atoms with van der Waals surface area (Å²) >= 11 is 0. The minimum Gasteiger partial charge on any atom is -0.868 e. The lowest BCUT2D eigenvalue weighted by atomic mass is 9.95. The molecule has 32 heavy (non-hydrogen) atoms. The van der Waals surface area contributed by atoms with Crippen molar-refractivity contribution in [3.63, 3.8) is 0 Å². The number of aryl methyl sites for hydroxylation is 1. The number of nitrogens with one attached hydrogen (secondary N) is 1. The highest BCUT2D eigenvalue weighted by Gasteiger charge is 2.40. The van der Waals surface area contributed by atoms with Gasteiger partial charge in [0.15, 0.2) is 5.76 Å². The van der Waals surface area contributed by atoms with E-state index in [9.17, 15) is 14.7 Å². The number of rotatable bonds is 7. The number of ketones is 1. The van der Waals surface area contributed by atoms with Gasteiger partial charge in [0.25, 0.3) is 0 Å². The van der Waals surface area contributed by atoms with Crippen molar-refractivity contribution in [2.45, 2.75) is 19.0 Å². The fourth-order valence-electron chi connectivity index (χ4n) is 4.10. The van der Waals surface area contributed by atoms with E-state index < -0.39 is 23.5 Å². The van der Waals surface area contributed by atoms with Gasteiger partial charge in [-0.1, -0.05) is 18.2 Å². The first-order valence-corrected chi connectivity index (χ1v) is 10.3. The Hall–Kier alpha value is -4.20. The highest BCUT2D eigenvalue weighted by atomic mass is 16.3. The molecule has 3 aromatic heterocycles. The minimum absolute atomic E-state index is 0.0473. The Balaban J connectivity index is 1.49. The van der Waals surface area contributed by atoms with E-state index in [4.69, 9.17) is 4.42 Å². The van der Waals surface area contributed by atoms with Gasteiger partial charge in [0.1, 0.15) is 18.0 Å². The van der Waals surface area contributed by atoms with Crippen molar-refractivity contribution < 1.29 is 23.7 Å². The lowest BCUT2D eigenvalue weighted by Crippen LogP contribution is -2.37. The minimum atomic E-state index is -0.786. The van der Waals surface area contributed by atoms with Crippen molar-refractivity contribution in [2.75, 3.05) is 6.54 Å². The molecule has 0 radical (unpaired) electrons. The second-order valence-electron chi connectivity index (χ2n) is 7.60. The first kappa shape index (κ1) is 19.7. The van der Waals surface area contributed by atoms with Crippen molar-refractivity contribution in [2.24, 2.45) is 0 Å². The first-order chi connectivity index (χ1) is 15.6. The molecule has 160 valence electrons. The van der Waals surface area contributed by atoms with Crippen LogP contribution >= 0.6 is 0 Å². The molecule has 0 aliphatic carbocycles. The number of H-pyrrole nitrogens is 1. The summed E-state index contributed by atoms with van der Waals surface area (Å²) in [6, 6.07) is 11.5. The number of furan rings is 1. The summed E-state index contributed by atoms with van der Waals surface area (Å²) in [5.41, 5.74) is 1.12. The average molecular weight is 428 g/mol. The molecule has 0 fully saturated rings. The van der Waals surface area contributed by atoms with E-state index in [1.807, 2.05) is 41.5 Å². The quantitative estimate of drug-likeness (QED) is 0.358. The van der Waals surface area contributed by atoms with Gasteiger partial charge in [0.05, 0.1) is 12.6 Å². The maximum Gasteiger partial charge on any atom is 0.241 e. The molecule has 0 bridgehead atoms. The fraction of sp³-hybridized carbons (Fsp3) is 0.167. The number of imidazole rings is 1. The van der Waals surface area contributed by atoms with E-state index in [0.717, 1.165) is 5.39 Å². The summed E-state index contributed by atoms with van der Waals surface area (Å²) in [6.07, 6.45) is 9.30. The summed E-state index contributed by atoms with van der Waals surface area (Å²) in [7, 11) is 0. The smallest absolute Gasteiger partial charge is 0.241 e. The molecule has 4 aromatic rings. The number of amides is 1. The van der Waals surface area contributed by atoms with Gasteiger partial charge in [-0.3, -0.25) is 19.6 Å². The number of nitrogens with zero attached hydrogens (tertiary/aromatic N) is 3. The lowest BCUT2D eigenvalue weighted by Gasteiger charge is -2.27. The maximum atomic E-state index is 13.4. The van der Waals surface area contributed by atoms with Crippen LogP contribution in [0.15, 0.2) is 89.3 Å². The SMILES string of the molecule is O=C(C1=C([O-])C(=O)N(CCC[n+]2cc[nH]c2)C1c1ccncc1)c1cc2ccccc2o1. The zero-order valence-electron chi connectivity index (χ0n) is 17.1. The van der Waals surface area contributed by atoms with Gasteiger partial charge in [0.2, 0.25) is 18.0 Å². The fourth-order valence-corrected chi connectivity index (χ4v) is 4.10. The van der Waals surface area contributed by atoms with Gasteiger partial charge in [0, 0.05) is 36.3 Å². The molecular formula is C24H20N4O4. The summed E-state index contributed by atoms with van der Waals surface area (Å²) in [5.74, 6) is -1.98. The Morgan fingerprint density at radius 1 is 1.22 bits per heavy atom. The highest BCUT2D eigenvalue weighted by Crippen LogP contribution is 2.38. The first-order valence-electron chi connectivity index (χ1n) is 10.3. The van der Waals surface area contributed by atoms with Crippen LogP contribution in [0.25, 0.3) is 11.0 Å². The van der Waals surface area contributed by atoms with Crippen LogP contribution in [-0.2, 0) is 11.3 Å². The summed E-state index contributed by atoms with van der Waals surface area (Å²) < 4.78 is 7.66. The van der Waals surface area contributed by atoms with Crippen LogP contribution in [0, 0.1) is 0 Å². The molecule has 4 heterocycles. The molecule has 1 aliphatic rings. The van der Waals surface area contributed by atoms with Crippen LogP contribution in [0.2, 0.25) is 0 Å². The van der Waals surface area contributed by atoms with Crippen molar-refractivity contribution >= 4 is 22.7 Å². The number of aromatic amines is 1. The molecule has 1 amide bonds. The summed E-state index contributed by atoms with van der Waals surface area (Å²) in [4.78, 5) is 34.8. The Morgan fingerprint density at radius 2 is 2.03 bits per heavy atom. The van der Waals surface area contributed by atoms with Crippen LogP contribution in [-0.4, -0.2) is 33.1 Å². The van der Waals surface area contributed by atoms with E-state index in [1.165, 1.54) is 4.90 Å². The normalized spacial score (nSPS) is 16.3. The molecule has 5 rings (SSSR count). The molecule has 1 atom stereocenters. The molecule has 0 saturated carbocycles. The van der Waals surface area contributed by atoms with E-state index in [0.29, 0.717) is 30.7 Å². The van der Waals surface area contributed by atoms with Gasteiger partial charge >= 0.3 is 0 Å². The van der Waals surface area contributed by atoms with Crippen LogP contribution < -0.4 is 9.67 Å². The number of pyridine rings is 1. The maximum absolute atomic E-state index is 13.4. The van der Waals surface area contributed by atoms with Crippen LogP contribution in [0.4, 0.5) is 0 Å². The van der Waals surface area contributed by atoms with E-state index in [-0.39, 0.29) is 11.3 Å². The zero-order chi connectivity index (χ0) is 22.1. The number of Topliss-reactive ketones (excluding diaryl/α,β-unsaturated/α-hetero) is 1. The number of hydrogen-bond donors (Lipinski definition) is 1. The Kier molecular flexibility index (Phi) is 5.03. The lowest BCUT2D eigenvalue weighted by molar-refractivity contribution is -0.695. The predicted molar refractivity (Wildman–Crippen MR) is 112 cm³/mol. The van der Waals surface area contributed by atoms with Crippen molar-refractivity contribution in [3.8, 4) is 0 Å². The Labute approximate surface area is 183 Å². The standard InChI is InChI=1S/C24H20N4O4/c29-22(19-14-17-4-1-2-5-18(17)32-19)20-21(16-6-8-25-9-7-16)28(24(31)23(20)30)12-3-11-27-13-10-26-15-27/h1-2,4-10,13-15,21H,3,11-12H2,(H,29,30). The largest absolute Gasteiger partial charge is 0.868 e. The number of carbonyl (C=O) groups is 2. The second kappa shape index (κ2) is 8.14. The number of para-hydroxylation sites is 1. The Bertz CT molecular complexity index is 1280. The van der Waals surface area contributed by atoms with Gasteiger partial charge in [-0.05, 0) is 35.6 Å². The van der Waals surface area contributed by atoms with Crippen LogP contribution in [0.3, 0.4) is 0 Å². The number of benzene rings is 1. The molecule has 1 N–H and O–H groups in total. The van der Waals surface area contributed by atoms with Crippen LogP contribution in [0.5, 0.6) is 0 Å².